The Labute approximate surface area is 64.7 Å². The molecule has 1 heterocycles. The van der Waals surface area contributed by atoms with Gasteiger partial charge in [-0.2, -0.15) is 0 Å². The molecule has 0 bridgehead atoms. The lowest BCUT2D eigenvalue weighted by atomic mass is 10.5. The molecule has 0 aromatic carbocycles. The van der Waals surface area contributed by atoms with E-state index in [1.165, 1.54) is 10.8 Å². The first-order valence-corrected chi connectivity index (χ1v) is 3.48. The predicted octanol–water partition coefficient (Wildman–Crippen LogP) is 0.154. The van der Waals surface area contributed by atoms with E-state index in [1.807, 2.05) is 6.92 Å². The molecule has 0 saturated carbocycles. The SMILES string of the molecule is CCn1c(C)ncc(N)c1=O. The third-order valence-corrected chi connectivity index (χ3v) is 1.59. The summed E-state index contributed by atoms with van der Waals surface area (Å²) in [5.74, 6) is 0.701. The average Bonchev–Trinajstić information content (AvgIpc) is 1.99. The van der Waals surface area contributed by atoms with Crippen LogP contribution in [-0.4, -0.2) is 9.55 Å². The van der Waals surface area contributed by atoms with Gasteiger partial charge in [-0.15, -0.1) is 0 Å². The molecule has 1 aromatic rings. The van der Waals surface area contributed by atoms with Gasteiger partial charge in [-0.1, -0.05) is 0 Å². The van der Waals surface area contributed by atoms with Crippen LogP contribution in [-0.2, 0) is 6.54 Å². The zero-order valence-electron chi connectivity index (χ0n) is 6.66. The van der Waals surface area contributed by atoms with E-state index >= 15 is 0 Å². The van der Waals surface area contributed by atoms with Crippen molar-refractivity contribution in [3.63, 3.8) is 0 Å². The molecule has 0 aliphatic rings. The van der Waals surface area contributed by atoms with Gasteiger partial charge in [0, 0.05) is 6.54 Å². The number of rotatable bonds is 1. The lowest BCUT2D eigenvalue weighted by Crippen LogP contribution is -2.24. The van der Waals surface area contributed by atoms with Crippen LogP contribution in [0.1, 0.15) is 12.7 Å². The minimum Gasteiger partial charge on any atom is -0.393 e. The van der Waals surface area contributed by atoms with Crippen molar-refractivity contribution in [2.24, 2.45) is 0 Å². The summed E-state index contributed by atoms with van der Waals surface area (Å²) in [4.78, 5) is 15.2. The zero-order valence-corrected chi connectivity index (χ0v) is 6.66. The third kappa shape index (κ3) is 1.24. The molecule has 11 heavy (non-hydrogen) atoms. The molecular weight excluding hydrogens is 142 g/mol. The molecule has 1 aromatic heterocycles. The highest BCUT2D eigenvalue weighted by Crippen LogP contribution is 1.93. The second-order valence-corrected chi connectivity index (χ2v) is 2.31. The second kappa shape index (κ2) is 2.74. The number of nitrogens with two attached hydrogens (primary N) is 1. The lowest BCUT2D eigenvalue weighted by molar-refractivity contribution is 0.677. The monoisotopic (exact) mass is 153 g/mol. The minimum atomic E-state index is -0.153. The summed E-state index contributed by atoms with van der Waals surface area (Å²) in [7, 11) is 0. The van der Waals surface area contributed by atoms with Gasteiger partial charge in [0.2, 0.25) is 0 Å². The molecule has 60 valence electrons. The minimum absolute atomic E-state index is 0.153. The number of anilines is 1. The van der Waals surface area contributed by atoms with E-state index in [-0.39, 0.29) is 11.2 Å². The van der Waals surface area contributed by atoms with Crippen molar-refractivity contribution in [2.75, 3.05) is 5.73 Å². The first-order valence-electron chi connectivity index (χ1n) is 3.48. The molecule has 0 saturated heterocycles. The third-order valence-electron chi connectivity index (χ3n) is 1.59. The van der Waals surface area contributed by atoms with Crippen LogP contribution in [0.3, 0.4) is 0 Å². The van der Waals surface area contributed by atoms with Gasteiger partial charge in [0.1, 0.15) is 11.5 Å². The number of nitrogens with zero attached hydrogens (tertiary/aromatic N) is 2. The van der Waals surface area contributed by atoms with E-state index < -0.39 is 0 Å². The number of hydrogen-bond acceptors (Lipinski definition) is 3. The Bertz CT molecular complexity index is 316. The molecule has 0 unspecified atom stereocenters. The molecule has 0 spiro atoms. The van der Waals surface area contributed by atoms with Crippen LogP contribution in [0.5, 0.6) is 0 Å². The van der Waals surface area contributed by atoms with Crippen molar-refractivity contribution in [1.82, 2.24) is 9.55 Å². The number of aromatic nitrogens is 2. The van der Waals surface area contributed by atoms with Crippen molar-refractivity contribution in [1.29, 1.82) is 0 Å². The van der Waals surface area contributed by atoms with Gasteiger partial charge < -0.3 is 5.73 Å². The maximum absolute atomic E-state index is 11.2. The summed E-state index contributed by atoms with van der Waals surface area (Å²) in [6, 6.07) is 0. The molecule has 1 rings (SSSR count). The number of aryl methyl sites for hydroxylation is 1. The van der Waals surface area contributed by atoms with Crippen molar-refractivity contribution in [3.8, 4) is 0 Å². The lowest BCUT2D eigenvalue weighted by Gasteiger charge is -2.04. The van der Waals surface area contributed by atoms with Gasteiger partial charge in [0.15, 0.2) is 0 Å². The number of hydrogen-bond donors (Lipinski definition) is 1. The van der Waals surface area contributed by atoms with Crippen LogP contribution in [0.4, 0.5) is 5.69 Å². The van der Waals surface area contributed by atoms with Crippen molar-refractivity contribution in [2.45, 2.75) is 20.4 Å². The Morgan fingerprint density at radius 2 is 2.36 bits per heavy atom. The smallest absolute Gasteiger partial charge is 0.276 e. The van der Waals surface area contributed by atoms with E-state index in [9.17, 15) is 4.79 Å². The Hall–Kier alpha value is -1.32. The number of nitrogen functional groups attached to an aromatic ring is 1. The first-order chi connectivity index (χ1) is 5.16. The van der Waals surface area contributed by atoms with E-state index in [4.69, 9.17) is 5.73 Å². The van der Waals surface area contributed by atoms with Gasteiger partial charge in [0.05, 0.1) is 6.20 Å². The Balaban J connectivity index is 3.41. The highest BCUT2D eigenvalue weighted by Gasteiger charge is 2.00. The first kappa shape index (κ1) is 7.78. The maximum atomic E-state index is 11.2. The largest absolute Gasteiger partial charge is 0.393 e. The van der Waals surface area contributed by atoms with Gasteiger partial charge >= 0.3 is 0 Å². The summed E-state index contributed by atoms with van der Waals surface area (Å²) in [5.41, 5.74) is 5.42. The van der Waals surface area contributed by atoms with Crippen molar-refractivity contribution < 1.29 is 0 Å². The molecule has 0 amide bonds. The summed E-state index contributed by atoms with van der Waals surface area (Å²) in [6.07, 6.45) is 1.39. The van der Waals surface area contributed by atoms with Crippen LogP contribution in [0, 0.1) is 6.92 Å². The quantitative estimate of drug-likeness (QED) is 0.624. The summed E-state index contributed by atoms with van der Waals surface area (Å²) in [5, 5.41) is 0. The Morgan fingerprint density at radius 1 is 1.73 bits per heavy atom. The molecule has 0 aliphatic heterocycles. The zero-order chi connectivity index (χ0) is 8.43. The molecule has 4 heteroatoms. The molecular formula is C7H11N3O. The fourth-order valence-corrected chi connectivity index (χ4v) is 0.963. The predicted molar refractivity (Wildman–Crippen MR) is 43.3 cm³/mol. The standard InChI is InChI=1S/C7H11N3O/c1-3-10-5(2)9-4-6(8)7(10)11/h4H,3,8H2,1-2H3. The molecule has 0 fully saturated rings. The average molecular weight is 153 g/mol. The van der Waals surface area contributed by atoms with Crippen molar-refractivity contribution >= 4 is 5.69 Å². The van der Waals surface area contributed by atoms with Crippen molar-refractivity contribution in [3.05, 3.63) is 22.4 Å². The Morgan fingerprint density at radius 3 is 2.82 bits per heavy atom. The van der Waals surface area contributed by atoms with E-state index in [2.05, 4.69) is 4.98 Å². The fourth-order valence-electron chi connectivity index (χ4n) is 0.963. The highest BCUT2D eigenvalue weighted by atomic mass is 16.1. The summed E-state index contributed by atoms with van der Waals surface area (Å²) < 4.78 is 1.54. The van der Waals surface area contributed by atoms with Crippen LogP contribution < -0.4 is 11.3 Å². The Kier molecular flexibility index (Phi) is 1.94. The summed E-state index contributed by atoms with van der Waals surface area (Å²) >= 11 is 0. The van der Waals surface area contributed by atoms with E-state index in [1.54, 1.807) is 6.92 Å². The molecule has 0 atom stereocenters. The normalized spacial score (nSPS) is 10.0. The van der Waals surface area contributed by atoms with Gasteiger partial charge in [0.25, 0.3) is 5.56 Å². The summed E-state index contributed by atoms with van der Waals surface area (Å²) in [6.45, 7) is 4.28. The fraction of sp³-hybridized carbons (Fsp3) is 0.429. The highest BCUT2D eigenvalue weighted by molar-refractivity contribution is 5.31. The van der Waals surface area contributed by atoms with Gasteiger partial charge in [-0.05, 0) is 13.8 Å². The van der Waals surface area contributed by atoms with Crippen LogP contribution in [0.2, 0.25) is 0 Å². The molecule has 4 nitrogen and oxygen atoms in total. The molecule has 0 aliphatic carbocycles. The van der Waals surface area contributed by atoms with Gasteiger partial charge in [-0.25, -0.2) is 4.98 Å². The molecule has 0 radical (unpaired) electrons. The van der Waals surface area contributed by atoms with Crippen LogP contribution in [0.15, 0.2) is 11.0 Å². The maximum Gasteiger partial charge on any atom is 0.276 e. The van der Waals surface area contributed by atoms with E-state index in [0.717, 1.165) is 0 Å². The van der Waals surface area contributed by atoms with Crippen LogP contribution in [0.25, 0.3) is 0 Å². The van der Waals surface area contributed by atoms with E-state index in [0.29, 0.717) is 12.4 Å². The topological polar surface area (TPSA) is 60.9 Å². The second-order valence-electron chi connectivity index (χ2n) is 2.31. The molecule has 2 N–H and O–H groups in total. The van der Waals surface area contributed by atoms with Gasteiger partial charge in [-0.3, -0.25) is 9.36 Å². The van der Waals surface area contributed by atoms with Crippen LogP contribution >= 0.6 is 0 Å².